The number of thiocarbonyl (C=S) groups is 1. The van der Waals surface area contributed by atoms with Gasteiger partial charge in [0.05, 0.1) is 24.0 Å². The minimum absolute atomic E-state index is 0.441. The van der Waals surface area contributed by atoms with E-state index in [9.17, 15) is 0 Å². The molecule has 0 heterocycles. The third kappa shape index (κ3) is 8.39. The molecule has 0 unspecified atom stereocenters. The van der Waals surface area contributed by atoms with Crippen LogP contribution in [0.2, 0.25) is 0 Å². The summed E-state index contributed by atoms with van der Waals surface area (Å²) in [5.74, 6) is 0.631. The first-order valence-electron chi connectivity index (χ1n) is 8.98. The molecule has 5 nitrogen and oxygen atoms in total. The zero-order chi connectivity index (χ0) is 20.9. The standard InChI is InChI=1S/C20H21N5S.C2H6/c1-14-4-8-18(9-5-14)24-16(3)23-15(2)13-22-20(26)25-19-10-6-17(12-21)7-11-19;1-2/h4-11,23-24H,2-3,13H2,1H3,(H2,22,25,26);1-2H3. The maximum Gasteiger partial charge on any atom is 0.171 e. The lowest BCUT2D eigenvalue weighted by Gasteiger charge is -2.16. The van der Waals surface area contributed by atoms with E-state index in [-0.39, 0.29) is 0 Å². The second-order valence-corrected chi connectivity index (χ2v) is 6.10. The lowest BCUT2D eigenvalue weighted by Crippen LogP contribution is -2.33. The second-order valence-electron chi connectivity index (χ2n) is 5.69. The van der Waals surface area contributed by atoms with Gasteiger partial charge in [-0.05, 0) is 55.5 Å². The SMILES string of the molecule is C=C(CNC(=S)Nc1ccc(C#N)cc1)NC(=C)Nc1ccc(C)cc1.CC. The van der Waals surface area contributed by atoms with Gasteiger partial charge in [-0.2, -0.15) is 5.26 Å². The van der Waals surface area contributed by atoms with Crippen molar-refractivity contribution in [2.45, 2.75) is 20.8 Å². The molecule has 2 aromatic rings. The van der Waals surface area contributed by atoms with Gasteiger partial charge in [-0.1, -0.05) is 44.7 Å². The van der Waals surface area contributed by atoms with Crippen molar-refractivity contribution in [3.8, 4) is 6.07 Å². The van der Waals surface area contributed by atoms with Crippen LogP contribution in [0.15, 0.2) is 73.2 Å². The van der Waals surface area contributed by atoms with Crippen LogP contribution in [0, 0.1) is 18.3 Å². The molecule has 28 heavy (non-hydrogen) atoms. The Hall–Kier alpha value is -3.30. The summed E-state index contributed by atoms with van der Waals surface area (Å²) in [6, 6.07) is 17.2. The fraction of sp³-hybridized carbons (Fsp3) is 0.182. The van der Waals surface area contributed by atoms with Crippen molar-refractivity contribution < 1.29 is 0 Å². The molecule has 0 saturated carbocycles. The zero-order valence-corrected chi connectivity index (χ0v) is 17.4. The van der Waals surface area contributed by atoms with E-state index in [1.807, 2.05) is 45.0 Å². The van der Waals surface area contributed by atoms with Gasteiger partial charge in [-0.3, -0.25) is 0 Å². The predicted octanol–water partition coefficient (Wildman–Crippen LogP) is 4.87. The molecule has 0 aliphatic carbocycles. The summed E-state index contributed by atoms with van der Waals surface area (Å²) in [5.41, 5.74) is 4.29. The van der Waals surface area contributed by atoms with Crippen LogP contribution in [-0.2, 0) is 0 Å². The summed E-state index contributed by atoms with van der Waals surface area (Å²) in [7, 11) is 0. The largest absolute Gasteiger partial charge is 0.357 e. The van der Waals surface area contributed by atoms with E-state index in [1.165, 1.54) is 5.56 Å². The number of anilines is 2. The van der Waals surface area contributed by atoms with Crippen LogP contribution >= 0.6 is 12.2 Å². The van der Waals surface area contributed by atoms with Crippen molar-refractivity contribution >= 4 is 28.7 Å². The topological polar surface area (TPSA) is 71.9 Å². The average molecular weight is 394 g/mol. The number of hydrogen-bond acceptors (Lipinski definition) is 4. The Balaban J connectivity index is 0.00000190. The number of aryl methyl sites for hydroxylation is 1. The Morgan fingerprint density at radius 3 is 2.07 bits per heavy atom. The molecule has 2 rings (SSSR count). The van der Waals surface area contributed by atoms with Gasteiger partial charge in [-0.25, -0.2) is 0 Å². The Kier molecular flexibility index (Phi) is 9.87. The molecule has 146 valence electrons. The number of rotatable bonds is 7. The molecule has 0 amide bonds. The fourth-order valence-corrected chi connectivity index (χ4v) is 2.28. The molecule has 0 aliphatic rings. The Labute approximate surface area is 173 Å². The smallest absolute Gasteiger partial charge is 0.171 e. The van der Waals surface area contributed by atoms with Crippen molar-refractivity contribution in [3.63, 3.8) is 0 Å². The molecular weight excluding hydrogens is 366 g/mol. The summed E-state index contributed by atoms with van der Waals surface area (Å²) < 4.78 is 0. The number of hydrogen-bond donors (Lipinski definition) is 4. The van der Waals surface area contributed by atoms with E-state index in [2.05, 4.69) is 40.5 Å². The molecule has 0 bridgehead atoms. The molecular formula is C22H27N5S. The second kappa shape index (κ2) is 12.2. The monoisotopic (exact) mass is 393 g/mol. The van der Waals surface area contributed by atoms with E-state index in [1.54, 1.807) is 24.3 Å². The van der Waals surface area contributed by atoms with E-state index in [0.29, 0.717) is 23.0 Å². The van der Waals surface area contributed by atoms with Crippen LogP contribution in [0.3, 0.4) is 0 Å². The van der Waals surface area contributed by atoms with Crippen molar-refractivity contribution in [3.05, 3.63) is 84.3 Å². The first kappa shape index (κ1) is 22.7. The quantitative estimate of drug-likeness (QED) is 0.503. The fourth-order valence-electron chi connectivity index (χ4n) is 2.09. The van der Waals surface area contributed by atoms with Crippen LogP contribution in [0.1, 0.15) is 25.0 Å². The first-order chi connectivity index (χ1) is 13.5. The van der Waals surface area contributed by atoms with Gasteiger partial charge >= 0.3 is 0 Å². The summed E-state index contributed by atoms with van der Waals surface area (Å²) in [4.78, 5) is 0. The van der Waals surface area contributed by atoms with E-state index < -0.39 is 0 Å². The van der Waals surface area contributed by atoms with Crippen LogP contribution in [0.5, 0.6) is 0 Å². The Morgan fingerprint density at radius 2 is 1.50 bits per heavy atom. The summed E-state index contributed by atoms with van der Waals surface area (Å²) in [5, 5.41) is 21.6. The maximum atomic E-state index is 8.80. The summed E-state index contributed by atoms with van der Waals surface area (Å²) in [6.45, 7) is 14.4. The van der Waals surface area contributed by atoms with Crippen LogP contribution in [-0.4, -0.2) is 11.7 Å². The number of nitrogens with zero attached hydrogens (tertiary/aromatic N) is 1. The van der Waals surface area contributed by atoms with E-state index in [4.69, 9.17) is 17.5 Å². The van der Waals surface area contributed by atoms with Crippen molar-refractivity contribution in [2.75, 3.05) is 17.2 Å². The Morgan fingerprint density at radius 1 is 0.964 bits per heavy atom. The molecule has 0 atom stereocenters. The number of nitriles is 1. The first-order valence-corrected chi connectivity index (χ1v) is 9.39. The third-order valence-corrected chi connectivity index (χ3v) is 3.66. The predicted molar refractivity (Wildman–Crippen MR) is 123 cm³/mol. The van der Waals surface area contributed by atoms with Gasteiger partial charge in [0.2, 0.25) is 0 Å². The molecule has 2 aromatic carbocycles. The van der Waals surface area contributed by atoms with Gasteiger partial charge < -0.3 is 21.3 Å². The van der Waals surface area contributed by atoms with Crippen molar-refractivity contribution in [1.29, 1.82) is 5.26 Å². The lowest BCUT2D eigenvalue weighted by atomic mass is 10.2. The van der Waals surface area contributed by atoms with Gasteiger partial charge in [-0.15, -0.1) is 0 Å². The molecule has 4 N–H and O–H groups in total. The van der Waals surface area contributed by atoms with E-state index >= 15 is 0 Å². The normalized spacial score (nSPS) is 9.07. The zero-order valence-electron chi connectivity index (χ0n) is 16.6. The minimum Gasteiger partial charge on any atom is -0.357 e. The molecule has 6 heteroatoms. The lowest BCUT2D eigenvalue weighted by molar-refractivity contribution is 0.878. The Bertz CT molecular complexity index is 833. The molecule has 0 spiro atoms. The van der Waals surface area contributed by atoms with Crippen LogP contribution < -0.4 is 21.3 Å². The van der Waals surface area contributed by atoms with Gasteiger partial charge in [0, 0.05) is 17.1 Å². The molecule has 0 saturated heterocycles. The van der Waals surface area contributed by atoms with Crippen LogP contribution in [0.4, 0.5) is 11.4 Å². The summed E-state index contributed by atoms with van der Waals surface area (Å²) >= 11 is 5.25. The molecule has 0 fully saturated rings. The van der Waals surface area contributed by atoms with Gasteiger partial charge in [0.25, 0.3) is 0 Å². The van der Waals surface area contributed by atoms with Crippen LogP contribution in [0.25, 0.3) is 0 Å². The van der Waals surface area contributed by atoms with Crippen molar-refractivity contribution in [1.82, 2.24) is 10.6 Å². The van der Waals surface area contributed by atoms with Gasteiger partial charge in [0.1, 0.15) is 0 Å². The highest BCUT2D eigenvalue weighted by Gasteiger charge is 2.01. The molecule has 0 aromatic heterocycles. The molecule has 0 aliphatic heterocycles. The highest BCUT2D eigenvalue weighted by molar-refractivity contribution is 7.80. The summed E-state index contributed by atoms with van der Waals surface area (Å²) in [6.07, 6.45) is 0. The average Bonchev–Trinajstić information content (AvgIpc) is 2.70. The number of benzene rings is 2. The molecule has 0 radical (unpaired) electrons. The van der Waals surface area contributed by atoms with Crippen molar-refractivity contribution in [2.24, 2.45) is 0 Å². The number of nitrogens with one attached hydrogen (secondary N) is 4. The third-order valence-electron chi connectivity index (χ3n) is 3.41. The highest BCUT2D eigenvalue weighted by atomic mass is 32.1. The minimum atomic E-state index is 0.441. The maximum absolute atomic E-state index is 8.80. The highest BCUT2D eigenvalue weighted by Crippen LogP contribution is 2.10. The van der Waals surface area contributed by atoms with Gasteiger partial charge in [0.15, 0.2) is 5.11 Å². The van der Waals surface area contributed by atoms with E-state index in [0.717, 1.165) is 17.1 Å².